The minimum absolute atomic E-state index is 0.109. The Morgan fingerprint density at radius 1 is 1.37 bits per heavy atom. The molecular formula is C16H23NO2. The molecule has 19 heavy (non-hydrogen) atoms. The van der Waals surface area contributed by atoms with Gasteiger partial charge in [-0.05, 0) is 44.9 Å². The molecule has 104 valence electrons. The second kappa shape index (κ2) is 6.02. The van der Waals surface area contributed by atoms with E-state index in [1.165, 1.54) is 10.5 Å². The van der Waals surface area contributed by atoms with Gasteiger partial charge in [-0.2, -0.15) is 0 Å². The van der Waals surface area contributed by atoms with Crippen molar-refractivity contribution in [1.82, 2.24) is 4.90 Å². The lowest BCUT2D eigenvalue weighted by molar-refractivity contribution is -0.127. The number of likely N-dealkylation sites (N-methyl/N-ethyl adjacent to an activating group) is 1. The summed E-state index contributed by atoms with van der Waals surface area (Å²) >= 11 is 0. The Hall–Kier alpha value is -1.61. The SMILES string of the molecule is Cc1ccc(C=CC(=O)N(C)CC(C)(C)O)c(C)c1. The summed E-state index contributed by atoms with van der Waals surface area (Å²) in [7, 11) is 1.69. The van der Waals surface area contributed by atoms with Crippen LogP contribution in [-0.2, 0) is 4.79 Å². The van der Waals surface area contributed by atoms with Gasteiger partial charge >= 0.3 is 0 Å². The fourth-order valence-electron chi connectivity index (χ4n) is 1.96. The highest BCUT2D eigenvalue weighted by Crippen LogP contribution is 2.12. The highest BCUT2D eigenvalue weighted by molar-refractivity contribution is 5.91. The zero-order valence-corrected chi connectivity index (χ0v) is 12.4. The molecule has 0 unspecified atom stereocenters. The minimum Gasteiger partial charge on any atom is -0.389 e. The Balaban J connectivity index is 2.73. The Labute approximate surface area is 115 Å². The number of aryl methyl sites for hydroxylation is 2. The average molecular weight is 261 g/mol. The van der Waals surface area contributed by atoms with E-state index in [1.807, 2.05) is 32.1 Å². The average Bonchev–Trinajstić information content (AvgIpc) is 2.25. The van der Waals surface area contributed by atoms with Gasteiger partial charge in [0.2, 0.25) is 5.91 Å². The summed E-state index contributed by atoms with van der Waals surface area (Å²) in [4.78, 5) is 13.4. The van der Waals surface area contributed by atoms with E-state index in [1.54, 1.807) is 27.0 Å². The monoisotopic (exact) mass is 261 g/mol. The molecule has 0 aliphatic heterocycles. The molecule has 3 heteroatoms. The molecule has 0 saturated heterocycles. The first kappa shape index (κ1) is 15.4. The van der Waals surface area contributed by atoms with Crippen molar-refractivity contribution in [3.05, 3.63) is 41.0 Å². The van der Waals surface area contributed by atoms with Crippen molar-refractivity contribution in [2.75, 3.05) is 13.6 Å². The summed E-state index contributed by atoms with van der Waals surface area (Å²) in [5.74, 6) is -0.109. The number of aliphatic hydroxyl groups is 1. The molecule has 0 heterocycles. The molecule has 1 amide bonds. The number of rotatable bonds is 4. The van der Waals surface area contributed by atoms with Crippen LogP contribution in [0.4, 0.5) is 0 Å². The van der Waals surface area contributed by atoms with Gasteiger partial charge in [-0.1, -0.05) is 23.8 Å². The van der Waals surface area contributed by atoms with Gasteiger partial charge in [-0.25, -0.2) is 0 Å². The summed E-state index contributed by atoms with van der Waals surface area (Å²) in [5.41, 5.74) is 2.52. The standard InChI is InChI=1S/C16H23NO2/c1-12-6-7-14(13(2)10-12)8-9-15(18)17(5)11-16(3,4)19/h6-10,19H,11H2,1-5H3. The van der Waals surface area contributed by atoms with Crippen LogP contribution in [0, 0.1) is 13.8 Å². The van der Waals surface area contributed by atoms with Crippen molar-refractivity contribution in [2.24, 2.45) is 0 Å². The fraction of sp³-hybridized carbons (Fsp3) is 0.438. The van der Waals surface area contributed by atoms with Gasteiger partial charge in [0.05, 0.1) is 5.60 Å². The van der Waals surface area contributed by atoms with E-state index in [0.29, 0.717) is 6.54 Å². The molecule has 0 bridgehead atoms. The second-order valence-corrected chi connectivity index (χ2v) is 5.70. The lowest BCUT2D eigenvalue weighted by Crippen LogP contribution is -2.38. The van der Waals surface area contributed by atoms with Crippen molar-refractivity contribution >= 4 is 12.0 Å². The lowest BCUT2D eigenvalue weighted by Gasteiger charge is -2.24. The number of hydrogen-bond donors (Lipinski definition) is 1. The second-order valence-electron chi connectivity index (χ2n) is 5.70. The van der Waals surface area contributed by atoms with E-state index in [9.17, 15) is 9.90 Å². The Morgan fingerprint density at radius 2 is 2.00 bits per heavy atom. The maximum absolute atomic E-state index is 11.9. The number of hydrogen-bond acceptors (Lipinski definition) is 2. The van der Waals surface area contributed by atoms with Gasteiger partial charge in [0, 0.05) is 19.7 Å². The third-order valence-electron chi connectivity index (χ3n) is 2.83. The van der Waals surface area contributed by atoms with Crippen molar-refractivity contribution in [1.29, 1.82) is 0 Å². The lowest BCUT2D eigenvalue weighted by atomic mass is 10.1. The van der Waals surface area contributed by atoms with Crippen LogP contribution in [0.5, 0.6) is 0 Å². The molecule has 0 aliphatic carbocycles. The number of benzene rings is 1. The van der Waals surface area contributed by atoms with Crippen LogP contribution in [0.25, 0.3) is 6.08 Å². The zero-order chi connectivity index (χ0) is 14.6. The van der Waals surface area contributed by atoms with Gasteiger partial charge in [-0.3, -0.25) is 4.79 Å². The minimum atomic E-state index is -0.877. The van der Waals surface area contributed by atoms with Crippen LogP contribution in [0.2, 0.25) is 0 Å². The Morgan fingerprint density at radius 3 is 2.53 bits per heavy atom. The molecule has 0 saturated carbocycles. The van der Waals surface area contributed by atoms with E-state index in [4.69, 9.17) is 0 Å². The molecule has 0 radical (unpaired) electrons. The number of amides is 1. The molecule has 1 rings (SSSR count). The molecule has 0 spiro atoms. The van der Waals surface area contributed by atoms with Crippen molar-refractivity contribution in [3.8, 4) is 0 Å². The molecule has 3 nitrogen and oxygen atoms in total. The van der Waals surface area contributed by atoms with Crippen LogP contribution in [-0.4, -0.2) is 35.1 Å². The summed E-state index contributed by atoms with van der Waals surface area (Å²) < 4.78 is 0. The van der Waals surface area contributed by atoms with E-state index < -0.39 is 5.60 Å². The van der Waals surface area contributed by atoms with Crippen molar-refractivity contribution in [3.63, 3.8) is 0 Å². The van der Waals surface area contributed by atoms with Gasteiger partial charge in [0.1, 0.15) is 0 Å². The molecule has 1 aromatic carbocycles. The zero-order valence-electron chi connectivity index (χ0n) is 12.4. The van der Waals surface area contributed by atoms with Gasteiger partial charge in [0.15, 0.2) is 0 Å². The highest BCUT2D eigenvalue weighted by Gasteiger charge is 2.17. The third-order valence-corrected chi connectivity index (χ3v) is 2.83. The maximum atomic E-state index is 11.9. The van der Waals surface area contributed by atoms with Crippen LogP contribution in [0.3, 0.4) is 0 Å². The van der Waals surface area contributed by atoms with Crippen LogP contribution >= 0.6 is 0 Å². The highest BCUT2D eigenvalue weighted by atomic mass is 16.3. The first-order valence-electron chi connectivity index (χ1n) is 6.42. The Kier molecular flexibility index (Phi) is 4.90. The molecule has 1 N–H and O–H groups in total. The molecule has 0 fully saturated rings. The number of nitrogens with zero attached hydrogens (tertiary/aromatic N) is 1. The maximum Gasteiger partial charge on any atom is 0.246 e. The third kappa shape index (κ3) is 5.26. The summed E-state index contributed by atoms with van der Waals surface area (Å²) in [6.45, 7) is 7.75. The predicted octanol–water partition coefficient (Wildman–Crippen LogP) is 2.55. The van der Waals surface area contributed by atoms with Crippen molar-refractivity contribution < 1.29 is 9.90 Å². The smallest absolute Gasteiger partial charge is 0.246 e. The van der Waals surface area contributed by atoms with Crippen LogP contribution < -0.4 is 0 Å². The quantitative estimate of drug-likeness (QED) is 0.846. The van der Waals surface area contributed by atoms with Gasteiger partial charge in [0.25, 0.3) is 0 Å². The first-order valence-corrected chi connectivity index (χ1v) is 6.42. The van der Waals surface area contributed by atoms with Gasteiger partial charge < -0.3 is 10.0 Å². The van der Waals surface area contributed by atoms with E-state index >= 15 is 0 Å². The summed E-state index contributed by atoms with van der Waals surface area (Å²) in [6.07, 6.45) is 3.36. The van der Waals surface area contributed by atoms with Crippen LogP contribution in [0.15, 0.2) is 24.3 Å². The first-order chi connectivity index (χ1) is 8.69. The molecule has 0 aliphatic rings. The number of carbonyl (C=O) groups is 1. The summed E-state index contributed by atoms with van der Waals surface area (Å²) in [5, 5.41) is 9.68. The van der Waals surface area contributed by atoms with Crippen molar-refractivity contribution in [2.45, 2.75) is 33.3 Å². The molecule has 0 atom stereocenters. The molecule has 0 aromatic heterocycles. The van der Waals surface area contributed by atoms with E-state index in [2.05, 4.69) is 6.07 Å². The van der Waals surface area contributed by atoms with Crippen LogP contribution in [0.1, 0.15) is 30.5 Å². The largest absolute Gasteiger partial charge is 0.389 e. The molecule has 1 aromatic rings. The fourth-order valence-corrected chi connectivity index (χ4v) is 1.96. The van der Waals surface area contributed by atoms with E-state index in [-0.39, 0.29) is 5.91 Å². The summed E-state index contributed by atoms with van der Waals surface area (Å²) in [6, 6.07) is 6.12. The van der Waals surface area contributed by atoms with Gasteiger partial charge in [-0.15, -0.1) is 0 Å². The van der Waals surface area contributed by atoms with E-state index in [0.717, 1.165) is 11.1 Å². The topological polar surface area (TPSA) is 40.5 Å². The molecular weight excluding hydrogens is 238 g/mol. The predicted molar refractivity (Wildman–Crippen MR) is 78.9 cm³/mol. The number of carbonyl (C=O) groups excluding carboxylic acids is 1. The Bertz CT molecular complexity index is 484. The normalized spacial score (nSPS) is 11.9.